The minimum atomic E-state index is -0.126. The largest absolute Gasteiger partial charge is 0.361 e. The lowest BCUT2D eigenvalue weighted by Crippen LogP contribution is -2.21. The molecule has 0 aliphatic rings. The van der Waals surface area contributed by atoms with Crippen molar-refractivity contribution in [1.82, 2.24) is 19.3 Å². The molecule has 6 nitrogen and oxygen atoms in total. The van der Waals surface area contributed by atoms with Crippen LogP contribution in [0.25, 0.3) is 0 Å². The van der Waals surface area contributed by atoms with Crippen molar-refractivity contribution < 1.29 is 0 Å². The third kappa shape index (κ3) is 2.42. The Morgan fingerprint density at radius 3 is 2.89 bits per heavy atom. The number of rotatable bonds is 4. The highest BCUT2D eigenvalue weighted by molar-refractivity contribution is 5.33. The van der Waals surface area contributed by atoms with Crippen LogP contribution in [0.2, 0.25) is 0 Å². The molecule has 2 rings (SSSR count). The van der Waals surface area contributed by atoms with Gasteiger partial charge in [-0.3, -0.25) is 9.48 Å². The van der Waals surface area contributed by atoms with Crippen molar-refractivity contribution in [1.29, 1.82) is 0 Å². The van der Waals surface area contributed by atoms with Gasteiger partial charge >= 0.3 is 0 Å². The fourth-order valence-corrected chi connectivity index (χ4v) is 1.83. The topological polar surface area (TPSA) is 64.7 Å². The molecule has 0 fully saturated rings. The zero-order valence-electron chi connectivity index (χ0n) is 10.8. The molecule has 2 aromatic rings. The molecule has 0 radical (unpaired) electrons. The number of hydrogen-bond donors (Lipinski definition) is 1. The maximum absolute atomic E-state index is 11.8. The van der Waals surface area contributed by atoms with Crippen molar-refractivity contribution in [2.24, 2.45) is 14.1 Å². The van der Waals surface area contributed by atoms with Gasteiger partial charge in [0.25, 0.3) is 5.56 Å². The van der Waals surface area contributed by atoms with Gasteiger partial charge in [0.2, 0.25) is 0 Å². The zero-order chi connectivity index (χ0) is 13.1. The summed E-state index contributed by atoms with van der Waals surface area (Å²) in [5, 5.41) is 7.41. The van der Waals surface area contributed by atoms with Gasteiger partial charge in [-0.05, 0) is 6.42 Å². The van der Waals surface area contributed by atoms with Crippen LogP contribution in [0.5, 0.6) is 0 Å². The smallest absolute Gasteiger partial charge is 0.293 e. The SMILES string of the molecule is CCc1nn(C)cc1CNc1nccn(C)c1=O. The molecule has 0 saturated heterocycles. The van der Waals surface area contributed by atoms with Crippen LogP contribution in [0.3, 0.4) is 0 Å². The van der Waals surface area contributed by atoms with E-state index in [1.165, 1.54) is 4.57 Å². The van der Waals surface area contributed by atoms with Crippen LogP contribution in [-0.2, 0) is 27.1 Å². The standard InChI is InChI=1S/C12H17N5O/c1-4-10-9(8-17(3)15-10)7-14-11-12(18)16(2)6-5-13-11/h5-6,8H,4,7H2,1-3H3,(H,13,14). The molecule has 0 amide bonds. The first-order chi connectivity index (χ1) is 8.61. The average molecular weight is 247 g/mol. The Kier molecular flexibility index (Phi) is 3.45. The van der Waals surface area contributed by atoms with Crippen molar-refractivity contribution in [2.75, 3.05) is 5.32 Å². The number of hydrogen-bond acceptors (Lipinski definition) is 4. The molecule has 18 heavy (non-hydrogen) atoms. The van der Waals surface area contributed by atoms with E-state index < -0.39 is 0 Å². The Balaban J connectivity index is 2.16. The molecular formula is C12H17N5O. The monoisotopic (exact) mass is 247 g/mol. The molecule has 0 spiro atoms. The van der Waals surface area contributed by atoms with Gasteiger partial charge in [-0.25, -0.2) is 4.98 Å². The highest BCUT2D eigenvalue weighted by Crippen LogP contribution is 2.08. The van der Waals surface area contributed by atoms with Gasteiger partial charge < -0.3 is 9.88 Å². The third-order valence-electron chi connectivity index (χ3n) is 2.79. The van der Waals surface area contributed by atoms with Gasteiger partial charge in [0.1, 0.15) is 0 Å². The van der Waals surface area contributed by atoms with Crippen LogP contribution in [-0.4, -0.2) is 19.3 Å². The van der Waals surface area contributed by atoms with Gasteiger partial charge in [-0.2, -0.15) is 5.10 Å². The number of aryl methyl sites for hydroxylation is 3. The summed E-state index contributed by atoms with van der Waals surface area (Å²) in [6.45, 7) is 2.62. The van der Waals surface area contributed by atoms with E-state index in [0.29, 0.717) is 12.4 Å². The summed E-state index contributed by atoms with van der Waals surface area (Å²) in [7, 11) is 3.60. The second-order valence-corrected chi connectivity index (χ2v) is 4.17. The van der Waals surface area contributed by atoms with Crippen LogP contribution < -0.4 is 10.9 Å². The molecule has 2 heterocycles. The number of nitrogens with one attached hydrogen (secondary N) is 1. The van der Waals surface area contributed by atoms with Gasteiger partial charge in [-0.1, -0.05) is 6.92 Å². The van der Waals surface area contributed by atoms with Crippen molar-refractivity contribution in [3.05, 3.63) is 40.2 Å². The Labute approximate surface area is 105 Å². The molecule has 0 bridgehead atoms. The lowest BCUT2D eigenvalue weighted by molar-refractivity contribution is 0.746. The van der Waals surface area contributed by atoms with E-state index in [1.54, 1.807) is 24.1 Å². The van der Waals surface area contributed by atoms with Crippen molar-refractivity contribution in [2.45, 2.75) is 19.9 Å². The molecule has 6 heteroatoms. The van der Waals surface area contributed by atoms with Gasteiger partial charge in [0, 0.05) is 44.8 Å². The molecule has 0 aromatic carbocycles. The van der Waals surface area contributed by atoms with Crippen LogP contribution >= 0.6 is 0 Å². The van der Waals surface area contributed by atoms with E-state index >= 15 is 0 Å². The van der Waals surface area contributed by atoms with E-state index in [9.17, 15) is 4.79 Å². The van der Waals surface area contributed by atoms with Crippen LogP contribution in [0.4, 0.5) is 5.82 Å². The summed E-state index contributed by atoms with van der Waals surface area (Å²) < 4.78 is 3.28. The van der Waals surface area contributed by atoms with Gasteiger partial charge in [0.15, 0.2) is 5.82 Å². The van der Waals surface area contributed by atoms with Crippen LogP contribution in [0.15, 0.2) is 23.4 Å². The van der Waals surface area contributed by atoms with E-state index in [1.807, 2.05) is 13.2 Å². The maximum Gasteiger partial charge on any atom is 0.293 e. The lowest BCUT2D eigenvalue weighted by Gasteiger charge is -2.05. The average Bonchev–Trinajstić information content (AvgIpc) is 2.71. The Hall–Kier alpha value is -2.11. The molecule has 0 aliphatic heterocycles. The Morgan fingerprint density at radius 1 is 1.39 bits per heavy atom. The summed E-state index contributed by atoms with van der Waals surface area (Å²) in [6, 6.07) is 0. The summed E-state index contributed by atoms with van der Waals surface area (Å²) >= 11 is 0. The maximum atomic E-state index is 11.8. The van der Waals surface area contributed by atoms with Crippen LogP contribution in [0, 0.1) is 0 Å². The minimum absolute atomic E-state index is 0.126. The molecule has 96 valence electrons. The molecule has 0 aliphatic carbocycles. The van der Waals surface area contributed by atoms with Crippen molar-refractivity contribution >= 4 is 5.82 Å². The van der Waals surface area contributed by atoms with Crippen molar-refractivity contribution in [3.8, 4) is 0 Å². The second kappa shape index (κ2) is 5.03. The van der Waals surface area contributed by atoms with E-state index in [0.717, 1.165) is 17.7 Å². The first kappa shape index (κ1) is 12.3. The quantitative estimate of drug-likeness (QED) is 0.863. The summed E-state index contributed by atoms with van der Waals surface area (Å²) in [6.07, 6.45) is 6.07. The predicted octanol–water partition coefficient (Wildman–Crippen LogP) is 0.688. The molecule has 1 N–H and O–H groups in total. The molecule has 0 atom stereocenters. The fraction of sp³-hybridized carbons (Fsp3) is 0.417. The normalized spacial score (nSPS) is 10.6. The van der Waals surface area contributed by atoms with Crippen LogP contribution in [0.1, 0.15) is 18.2 Å². The zero-order valence-corrected chi connectivity index (χ0v) is 10.8. The van der Waals surface area contributed by atoms with Crippen molar-refractivity contribution in [3.63, 3.8) is 0 Å². The second-order valence-electron chi connectivity index (χ2n) is 4.17. The lowest BCUT2D eigenvalue weighted by atomic mass is 10.2. The minimum Gasteiger partial charge on any atom is -0.361 e. The third-order valence-corrected chi connectivity index (χ3v) is 2.79. The first-order valence-corrected chi connectivity index (χ1v) is 5.88. The van der Waals surface area contributed by atoms with E-state index in [-0.39, 0.29) is 5.56 Å². The summed E-state index contributed by atoms with van der Waals surface area (Å²) in [5.74, 6) is 0.367. The molecule has 0 saturated carbocycles. The Bertz CT molecular complexity index is 599. The molecule has 2 aromatic heterocycles. The highest BCUT2D eigenvalue weighted by atomic mass is 16.1. The van der Waals surface area contributed by atoms with Gasteiger partial charge in [0.05, 0.1) is 5.69 Å². The number of aromatic nitrogens is 4. The predicted molar refractivity (Wildman–Crippen MR) is 69.4 cm³/mol. The fourth-order valence-electron chi connectivity index (χ4n) is 1.83. The van der Waals surface area contributed by atoms with E-state index in [2.05, 4.69) is 22.3 Å². The summed E-state index contributed by atoms with van der Waals surface area (Å²) in [5.41, 5.74) is 2.00. The van der Waals surface area contributed by atoms with E-state index in [4.69, 9.17) is 0 Å². The first-order valence-electron chi connectivity index (χ1n) is 5.88. The number of nitrogens with zero attached hydrogens (tertiary/aromatic N) is 4. The number of anilines is 1. The summed E-state index contributed by atoms with van der Waals surface area (Å²) in [4.78, 5) is 15.8. The molecule has 0 unspecified atom stereocenters. The van der Waals surface area contributed by atoms with Gasteiger partial charge in [-0.15, -0.1) is 0 Å². The highest BCUT2D eigenvalue weighted by Gasteiger charge is 2.07. The molecular weight excluding hydrogens is 230 g/mol. The Morgan fingerprint density at radius 2 is 2.17 bits per heavy atom.